The minimum atomic E-state index is 0.206. The Labute approximate surface area is 148 Å². The zero-order chi connectivity index (χ0) is 17.6. The lowest BCUT2D eigenvalue weighted by Gasteiger charge is -2.19. The van der Waals surface area contributed by atoms with Crippen LogP contribution in [0.1, 0.15) is 37.4 Å². The number of nitrogens with two attached hydrogens (primary N) is 1. The van der Waals surface area contributed by atoms with Crippen molar-refractivity contribution in [3.63, 3.8) is 0 Å². The molecule has 0 aliphatic carbocycles. The molecule has 1 aliphatic heterocycles. The summed E-state index contributed by atoms with van der Waals surface area (Å²) in [5.41, 5.74) is 8.50. The van der Waals surface area contributed by atoms with Gasteiger partial charge in [0.1, 0.15) is 5.82 Å². The van der Waals surface area contributed by atoms with E-state index >= 15 is 0 Å². The zero-order valence-corrected chi connectivity index (χ0v) is 14.6. The number of nitrogens with one attached hydrogen (secondary N) is 1. The molecule has 1 saturated heterocycles. The van der Waals surface area contributed by atoms with Gasteiger partial charge in [0.15, 0.2) is 0 Å². The number of hydrogen-bond acceptors (Lipinski definition) is 6. The quantitative estimate of drug-likeness (QED) is 0.843. The highest BCUT2D eigenvalue weighted by Crippen LogP contribution is 2.23. The Morgan fingerprint density at radius 3 is 2.96 bits per heavy atom. The van der Waals surface area contributed by atoms with E-state index in [9.17, 15) is 0 Å². The molecule has 6 heteroatoms. The molecule has 1 aromatic carbocycles. The van der Waals surface area contributed by atoms with Gasteiger partial charge in [-0.1, -0.05) is 19.4 Å². The van der Waals surface area contributed by atoms with Gasteiger partial charge in [0.2, 0.25) is 5.95 Å². The fourth-order valence-electron chi connectivity index (χ4n) is 2.98. The number of rotatable bonds is 6. The lowest BCUT2D eigenvalue weighted by atomic mass is 10.2. The van der Waals surface area contributed by atoms with Crippen LogP contribution in [0.4, 0.5) is 17.5 Å². The third-order valence-corrected chi connectivity index (χ3v) is 4.35. The second kappa shape index (κ2) is 7.95. The van der Waals surface area contributed by atoms with Crippen LogP contribution in [0, 0.1) is 11.3 Å². The van der Waals surface area contributed by atoms with Gasteiger partial charge in [-0.2, -0.15) is 10.2 Å². The highest BCUT2D eigenvalue weighted by molar-refractivity contribution is 5.58. The highest BCUT2D eigenvalue weighted by Gasteiger charge is 2.21. The van der Waals surface area contributed by atoms with Crippen LogP contribution in [-0.4, -0.2) is 29.1 Å². The molecule has 2 heterocycles. The van der Waals surface area contributed by atoms with Crippen molar-refractivity contribution in [1.82, 2.24) is 9.97 Å². The Bertz CT molecular complexity index is 767. The molecule has 130 valence electrons. The number of hydrogen-bond donors (Lipinski definition) is 2. The van der Waals surface area contributed by atoms with Gasteiger partial charge in [0.05, 0.1) is 11.6 Å². The molecule has 0 radical (unpaired) electrons. The van der Waals surface area contributed by atoms with E-state index in [1.165, 1.54) is 0 Å². The van der Waals surface area contributed by atoms with Crippen molar-refractivity contribution < 1.29 is 0 Å². The molecular formula is C19H24N6. The number of nitrogens with zero attached hydrogens (tertiary/aromatic N) is 4. The van der Waals surface area contributed by atoms with Gasteiger partial charge >= 0.3 is 0 Å². The molecule has 0 saturated carbocycles. The number of aromatic nitrogens is 2. The molecule has 1 aliphatic rings. The Balaban J connectivity index is 1.87. The van der Waals surface area contributed by atoms with Gasteiger partial charge in [-0.05, 0) is 37.5 Å². The zero-order valence-electron chi connectivity index (χ0n) is 14.6. The molecule has 3 N–H and O–H groups in total. The predicted molar refractivity (Wildman–Crippen MR) is 99.9 cm³/mol. The second-order valence-electron chi connectivity index (χ2n) is 6.46. The van der Waals surface area contributed by atoms with Crippen LogP contribution in [0.2, 0.25) is 0 Å². The first kappa shape index (κ1) is 17.2. The molecule has 2 aromatic rings. The summed E-state index contributed by atoms with van der Waals surface area (Å²) >= 11 is 0. The Kier molecular flexibility index (Phi) is 5.46. The van der Waals surface area contributed by atoms with E-state index in [1.807, 2.05) is 12.1 Å². The van der Waals surface area contributed by atoms with E-state index in [1.54, 1.807) is 12.1 Å². The van der Waals surface area contributed by atoms with E-state index in [2.05, 4.69) is 39.2 Å². The van der Waals surface area contributed by atoms with Gasteiger partial charge < -0.3 is 16.0 Å². The van der Waals surface area contributed by atoms with Crippen LogP contribution in [0.25, 0.3) is 0 Å². The fourth-order valence-corrected chi connectivity index (χ4v) is 2.98. The average molecular weight is 336 g/mol. The molecule has 0 unspecified atom stereocenters. The van der Waals surface area contributed by atoms with Gasteiger partial charge in [-0.3, -0.25) is 0 Å². The van der Waals surface area contributed by atoms with Crippen molar-refractivity contribution in [3.05, 3.63) is 41.6 Å². The summed E-state index contributed by atoms with van der Waals surface area (Å²) in [6, 6.07) is 11.8. The van der Waals surface area contributed by atoms with E-state index in [0.717, 1.165) is 56.0 Å². The molecule has 6 nitrogen and oxygen atoms in total. The predicted octanol–water partition coefficient (Wildman–Crippen LogP) is 2.97. The van der Waals surface area contributed by atoms with Crippen molar-refractivity contribution in [3.8, 4) is 6.07 Å². The number of anilines is 3. The molecule has 1 fully saturated rings. The van der Waals surface area contributed by atoms with Crippen LogP contribution in [-0.2, 0) is 6.42 Å². The second-order valence-corrected chi connectivity index (χ2v) is 6.46. The summed E-state index contributed by atoms with van der Waals surface area (Å²) < 4.78 is 0. The van der Waals surface area contributed by atoms with Gasteiger partial charge in [0, 0.05) is 36.6 Å². The standard InChI is InChI=1S/C19H24N6/c1-2-3-6-17-11-18(25-9-8-15(21)13-25)24-19(23-17)22-16-7-4-5-14(10-16)12-20/h4-5,7,10-11,15H,2-3,6,8-9,13,21H2,1H3,(H,22,23,24)/t15-/m0/s1. The summed E-state index contributed by atoms with van der Waals surface area (Å²) in [7, 11) is 0. The van der Waals surface area contributed by atoms with Crippen molar-refractivity contribution in [2.24, 2.45) is 5.73 Å². The van der Waals surface area contributed by atoms with E-state index in [-0.39, 0.29) is 6.04 Å². The van der Waals surface area contributed by atoms with Crippen molar-refractivity contribution in [2.45, 2.75) is 38.6 Å². The molecule has 0 bridgehead atoms. The lowest BCUT2D eigenvalue weighted by Crippen LogP contribution is -2.27. The van der Waals surface area contributed by atoms with Crippen molar-refractivity contribution in [1.29, 1.82) is 5.26 Å². The van der Waals surface area contributed by atoms with Crippen molar-refractivity contribution in [2.75, 3.05) is 23.3 Å². The summed E-state index contributed by atoms with van der Waals surface area (Å²) in [5.74, 6) is 1.49. The Morgan fingerprint density at radius 1 is 1.36 bits per heavy atom. The van der Waals surface area contributed by atoms with E-state index < -0.39 is 0 Å². The molecule has 1 atom stereocenters. The minimum absolute atomic E-state index is 0.206. The van der Waals surface area contributed by atoms with Crippen LogP contribution in [0.15, 0.2) is 30.3 Å². The smallest absolute Gasteiger partial charge is 0.229 e. The summed E-state index contributed by atoms with van der Waals surface area (Å²) in [6.45, 7) is 3.93. The van der Waals surface area contributed by atoms with Gasteiger partial charge in [-0.15, -0.1) is 0 Å². The first-order valence-corrected chi connectivity index (χ1v) is 8.83. The first-order chi connectivity index (χ1) is 12.2. The number of benzene rings is 1. The molecule has 0 amide bonds. The monoisotopic (exact) mass is 336 g/mol. The molecular weight excluding hydrogens is 312 g/mol. The molecule has 25 heavy (non-hydrogen) atoms. The molecule has 1 aromatic heterocycles. The minimum Gasteiger partial charge on any atom is -0.355 e. The van der Waals surface area contributed by atoms with Crippen molar-refractivity contribution >= 4 is 17.5 Å². The van der Waals surface area contributed by atoms with Crippen LogP contribution < -0.4 is 16.0 Å². The maximum Gasteiger partial charge on any atom is 0.229 e. The number of aryl methyl sites for hydroxylation is 1. The average Bonchev–Trinajstić information content (AvgIpc) is 3.06. The van der Waals surface area contributed by atoms with Gasteiger partial charge in [0.25, 0.3) is 0 Å². The highest BCUT2D eigenvalue weighted by atomic mass is 15.2. The SMILES string of the molecule is CCCCc1cc(N2CC[C@H](N)C2)nc(Nc2cccc(C#N)c2)n1. The molecule has 0 spiro atoms. The lowest BCUT2D eigenvalue weighted by molar-refractivity contribution is 0.750. The maximum absolute atomic E-state index is 9.05. The summed E-state index contributed by atoms with van der Waals surface area (Å²) in [4.78, 5) is 11.5. The Hall–Kier alpha value is -2.65. The van der Waals surface area contributed by atoms with Crippen LogP contribution >= 0.6 is 0 Å². The Morgan fingerprint density at radius 2 is 2.24 bits per heavy atom. The van der Waals surface area contributed by atoms with Gasteiger partial charge in [-0.25, -0.2) is 4.98 Å². The third kappa shape index (κ3) is 4.46. The van der Waals surface area contributed by atoms with Crippen LogP contribution in [0.5, 0.6) is 0 Å². The number of nitriles is 1. The normalized spacial score (nSPS) is 16.7. The van der Waals surface area contributed by atoms with E-state index in [4.69, 9.17) is 11.0 Å². The molecule has 3 rings (SSSR count). The largest absolute Gasteiger partial charge is 0.355 e. The maximum atomic E-state index is 9.05. The fraction of sp³-hybridized carbons (Fsp3) is 0.421. The van der Waals surface area contributed by atoms with E-state index in [0.29, 0.717) is 11.5 Å². The topological polar surface area (TPSA) is 90.9 Å². The first-order valence-electron chi connectivity index (χ1n) is 8.83. The third-order valence-electron chi connectivity index (χ3n) is 4.35. The summed E-state index contributed by atoms with van der Waals surface area (Å²) in [6.07, 6.45) is 4.14. The number of unbranched alkanes of at least 4 members (excludes halogenated alkanes) is 1. The summed E-state index contributed by atoms with van der Waals surface area (Å²) in [5, 5.41) is 12.3. The van der Waals surface area contributed by atoms with Crippen LogP contribution in [0.3, 0.4) is 0 Å².